The number of methoxy groups -OCH3 is 2. The first-order valence-electron chi connectivity index (χ1n) is 19.7. The highest BCUT2D eigenvalue weighted by atomic mass is 31.1. The molecule has 2 N–H and O–H groups in total. The molecule has 60 heavy (non-hydrogen) atoms. The number of aromatic amines is 1. The van der Waals surface area contributed by atoms with Gasteiger partial charge in [0.1, 0.15) is 29.8 Å². The average Bonchev–Trinajstić information content (AvgIpc) is 3.65. The third kappa shape index (κ3) is 10.6. The average molecular weight is 863 g/mol. The molecule has 0 saturated heterocycles. The Bertz CT molecular complexity index is 2210. The molecule has 15 nitrogen and oxygen atoms in total. The summed E-state index contributed by atoms with van der Waals surface area (Å²) in [5.41, 5.74) is 0.771. The van der Waals surface area contributed by atoms with Crippen LogP contribution in [-0.2, 0) is 37.9 Å². The third-order valence-corrected chi connectivity index (χ3v) is 15.9. The number of anilines is 1. The van der Waals surface area contributed by atoms with Crippen molar-refractivity contribution in [1.29, 1.82) is 0 Å². The van der Waals surface area contributed by atoms with E-state index in [1.165, 1.54) is 13.4 Å². The molecular weight excluding hydrogens is 806 g/mol. The van der Waals surface area contributed by atoms with E-state index in [0.717, 1.165) is 16.7 Å². The zero-order valence-corrected chi connectivity index (χ0v) is 38.1. The topological polar surface area (TPSA) is 174 Å². The van der Waals surface area contributed by atoms with E-state index in [4.69, 9.17) is 32.4 Å². The van der Waals surface area contributed by atoms with E-state index in [-0.39, 0.29) is 47.2 Å². The molecule has 0 radical (unpaired) electrons. The van der Waals surface area contributed by atoms with E-state index in [1.807, 2.05) is 85.8 Å². The number of H-pyrrole nitrogens is 1. The largest absolute Gasteiger partial charge is 0.697 e. The highest BCUT2D eigenvalue weighted by molar-refractivity contribution is 7.33. The van der Waals surface area contributed by atoms with Crippen molar-refractivity contribution in [3.05, 3.63) is 112 Å². The van der Waals surface area contributed by atoms with Crippen LogP contribution in [0.3, 0.4) is 0 Å². The molecule has 2 aromatic heterocycles. The van der Waals surface area contributed by atoms with Crippen LogP contribution in [0.5, 0.6) is 11.5 Å². The van der Waals surface area contributed by atoms with Crippen molar-refractivity contribution >= 4 is 39.6 Å². The van der Waals surface area contributed by atoms with Crippen LogP contribution in [0.15, 0.2) is 90.0 Å². The van der Waals surface area contributed by atoms with Gasteiger partial charge in [0.25, 0.3) is 5.56 Å². The fourth-order valence-corrected chi connectivity index (χ4v) is 8.14. The SMILES string of the molecule is COc1ccc(C(OC[C@H](CO[P+](=O)OC)O[C@H]([C@H](C)O[Si](C)(C)C(C)(C)C)n2cnc3c(=O)[nH]c(NC(=O)C(C)C)nc32)(c2ccccc2)c2ccc(OC)cc2)cc1. The number of nitrogens with zero attached hydrogens (tertiary/aromatic N) is 3. The van der Waals surface area contributed by atoms with Crippen LogP contribution in [0.2, 0.25) is 18.1 Å². The highest BCUT2D eigenvalue weighted by Gasteiger charge is 2.43. The van der Waals surface area contributed by atoms with Crippen molar-refractivity contribution in [1.82, 2.24) is 19.5 Å². The summed E-state index contributed by atoms with van der Waals surface area (Å²) in [6, 6.07) is 25.0. The smallest absolute Gasteiger partial charge is 0.497 e. The maximum absolute atomic E-state index is 13.4. The molecule has 17 heteroatoms. The molecule has 322 valence electrons. The molecule has 5 rings (SSSR count). The predicted molar refractivity (Wildman–Crippen MR) is 232 cm³/mol. The van der Waals surface area contributed by atoms with Gasteiger partial charge in [-0.2, -0.15) is 4.98 Å². The Balaban J connectivity index is 1.66. The molecule has 0 spiro atoms. The van der Waals surface area contributed by atoms with Gasteiger partial charge in [0.05, 0.1) is 40.4 Å². The van der Waals surface area contributed by atoms with Gasteiger partial charge in [-0.05, 0) is 66.0 Å². The Labute approximate surface area is 353 Å². The Kier molecular flexibility index (Phi) is 15.2. The van der Waals surface area contributed by atoms with Crippen molar-refractivity contribution in [2.24, 2.45) is 5.92 Å². The van der Waals surface area contributed by atoms with Crippen LogP contribution in [0.1, 0.15) is 64.5 Å². The Morgan fingerprint density at radius 3 is 1.95 bits per heavy atom. The standard InChI is InChI=1S/C43H56N5O10PSi/c1-28(2)38(49)46-41-45-37-36(39(50)47-41)44-27-48(37)40(29(3)58-60(10,11)42(4,5)6)57-35(26-56-59(51)54-9)25-55-43(30-15-13-12-14-16-30,31-17-21-33(52-7)22-18-31)32-19-23-34(53-8)24-20-32/h12-24,27-29,35,40H,25-26H2,1-11H3,(H-,45,46,47,49,50)/p+1/t29-,35+,40+/m0/s1. The quantitative estimate of drug-likeness (QED) is 0.0436. The van der Waals surface area contributed by atoms with E-state index in [9.17, 15) is 14.2 Å². The van der Waals surface area contributed by atoms with Crippen molar-refractivity contribution in [2.75, 3.05) is 39.9 Å². The van der Waals surface area contributed by atoms with E-state index in [2.05, 4.69) is 54.1 Å². The summed E-state index contributed by atoms with van der Waals surface area (Å²) in [5, 5.41) is 2.50. The fraction of sp³-hybridized carbons (Fsp3) is 0.442. The zero-order chi connectivity index (χ0) is 43.8. The summed E-state index contributed by atoms with van der Waals surface area (Å²) in [7, 11) is -0.487. The Hall–Kier alpha value is -4.80. The minimum absolute atomic E-state index is 0.0271. The van der Waals surface area contributed by atoms with Crippen LogP contribution >= 0.6 is 8.25 Å². The van der Waals surface area contributed by atoms with Gasteiger partial charge in [-0.25, -0.2) is 4.98 Å². The molecule has 3 aromatic carbocycles. The number of carbonyl (C=O) groups is 1. The number of imidazole rings is 1. The van der Waals surface area contributed by atoms with Crippen molar-refractivity contribution in [3.63, 3.8) is 0 Å². The lowest BCUT2D eigenvalue weighted by molar-refractivity contribution is -0.149. The molecular formula is C43H57N5O10PSi+. The third-order valence-electron chi connectivity index (χ3n) is 10.7. The molecule has 0 aliphatic heterocycles. The van der Waals surface area contributed by atoms with Gasteiger partial charge < -0.3 is 23.4 Å². The lowest BCUT2D eigenvalue weighted by Gasteiger charge is -2.41. The van der Waals surface area contributed by atoms with E-state index in [0.29, 0.717) is 11.5 Å². The van der Waals surface area contributed by atoms with E-state index >= 15 is 0 Å². The number of hydrogen-bond acceptors (Lipinski definition) is 12. The van der Waals surface area contributed by atoms with Crippen LogP contribution in [0.4, 0.5) is 5.95 Å². The first kappa shape index (κ1) is 46.3. The molecule has 5 aromatic rings. The number of carbonyl (C=O) groups excluding carboxylic acids is 1. The first-order chi connectivity index (χ1) is 28.4. The molecule has 4 atom stereocenters. The molecule has 0 aliphatic carbocycles. The number of hydrogen-bond donors (Lipinski definition) is 2. The summed E-state index contributed by atoms with van der Waals surface area (Å²) < 4.78 is 57.2. The maximum Gasteiger partial charge on any atom is 0.697 e. The first-order valence-corrected chi connectivity index (χ1v) is 23.7. The summed E-state index contributed by atoms with van der Waals surface area (Å²) in [4.78, 5) is 37.7. The van der Waals surface area contributed by atoms with Crippen LogP contribution < -0.4 is 20.3 Å². The summed E-state index contributed by atoms with van der Waals surface area (Å²) in [5.74, 6) is 0.584. The van der Waals surface area contributed by atoms with Crippen LogP contribution in [0, 0.1) is 5.92 Å². The molecule has 0 aliphatic rings. The summed E-state index contributed by atoms with van der Waals surface area (Å²) in [6.07, 6.45) is -1.17. The lowest BCUT2D eigenvalue weighted by atomic mass is 9.80. The normalized spacial score (nSPS) is 14.2. The number of rotatable bonds is 20. The molecule has 1 amide bonds. The van der Waals surface area contributed by atoms with Gasteiger partial charge in [-0.15, -0.1) is 9.05 Å². The van der Waals surface area contributed by atoms with Crippen LogP contribution in [-0.4, -0.2) is 80.5 Å². The van der Waals surface area contributed by atoms with Crippen molar-refractivity contribution in [2.45, 2.75) is 83.7 Å². The number of ether oxygens (including phenoxy) is 4. The van der Waals surface area contributed by atoms with Crippen molar-refractivity contribution in [3.8, 4) is 11.5 Å². The molecule has 2 heterocycles. The number of benzene rings is 3. The van der Waals surface area contributed by atoms with Crippen molar-refractivity contribution < 1.29 is 41.8 Å². The highest BCUT2D eigenvalue weighted by Crippen LogP contribution is 2.43. The number of amides is 1. The second-order valence-corrected chi connectivity index (χ2v) is 22.0. The lowest BCUT2D eigenvalue weighted by Crippen LogP contribution is -2.46. The van der Waals surface area contributed by atoms with Crippen LogP contribution in [0.25, 0.3) is 11.2 Å². The second-order valence-electron chi connectivity index (χ2n) is 16.1. The number of nitrogens with one attached hydrogen (secondary N) is 2. The van der Waals surface area contributed by atoms with E-state index in [1.54, 1.807) is 32.6 Å². The second kappa shape index (κ2) is 19.7. The van der Waals surface area contributed by atoms with Gasteiger partial charge in [0.15, 0.2) is 25.7 Å². The minimum Gasteiger partial charge on any atom is -0.497 e. The van der Waals surface area contributed by atoms with Gasteiger partial charge in [0.2, 0.25) is 11.9 Å². The molecule has 0 fully saturated rings. The van der Waals surface area contributed by atoms with E-state index < -0.39 is 46.2 Å². The molecule has 1 unspecified atom stereocenters. The molecule has 0 saturated carbocycles. The van der Waals surface area contributed by atoms with Gasteiger partial charge in [-0.3, -0.25) is 24.5 Å². The van der Waals surface area contributed by atoms with Gasteiger partial charge in [0, 0.05) is 10.5 Å². The molecule has 0 bridgehead atoms. The Morgan fingerprint density at radius 2 is 1.43 bits per heavy atom. The maximum atomic E-state index is 13.4. The number of fused-ring (bicyclic) bond motifs is 1. The zero-order valence-electron chi connectivity index (χ0n) is 36.2. The Morgan fingerprint density at radius 1 is 0.867 bits per heavy atom. The minimum atomic E-state index is -2.52. The van der Waals surface area contributed by atoms with Gasteiger partial charge >= 0.3 is 8.25 Å². The predicted octanol–water partition coefficient (Wildman–Crippen LogP) is 8.35. The number of aromatic nitrogens is 4. The summed E-state index contributed by atoms with van der Waals surface area (Å²) >= 11 is 0. The summed E-state index contributed by atoms with van der Waals surface area (Å²) in [6.45, 7) is 15.6. The van der Waals surface area contributed by atoms with Gasteiger partial charge in [-0.1, -0.05) is 89.2 Å². The monoisotopic (exact) mass is 862 g/mol. The fourth-order valence-electron chi connectivity index (χ4n) is 6.35.